The number of nitrogens with zero attached hydrogens (tertiary/aromatic N) is 2. The molecular weight excluding hydrogens is 230 g/mol. The Morgan fingerprint density at radius 1 is 1.28 bits per heavy atom. The summed E-state index contributed by atoms with van der Waals surface area (Å²) in [6.45, 7) is 8.92. The molecular formula is C13H27N3O2. The average Bonchev–Trinajstić information content (AvgIpc) is 3.18. The molecule has 0 unspecified atom stereocenters. The summed E-state index contributed by atoms with van der Waals surface area (Å²) in [4.78, 5) is 16.3. The van der Waals surface area contributed by atoms with E-state index in [0.29, 0.717) is 32.3 Å². The van der Waals surface area contributed by atoms with Crippen molar-refractivity contribution in [2.45, 2.75) is 32.7 Å². The fourth-order valence-corrected chi connectivity index (χ4v) is 2.03. The third-order valence-electron chi connectivity index (χ3n) is 3.27. The number of rotatable bonds is 10. The summed E-state index contributed by atoms with van der Waals surface area (Å²) in [5.41, 5.74) is 5.36. The maximum Gasteiger partial charge on any atom is 0.236 e. The van der Waals surface area contributed by atoms with Gasteiger partial charge in [0.1, 0.15) is 0 Å². The fraction of sp³-hybridized carbons (Fsp3) is 0.923. The second-order valence-corrected chi connectivity index (χ2v) is 4.68. The van der Waals surface area contributed by atoms with E-state index in [1.54, 1.807) is 0 Å². The number of nitrogens with two attached hydrogens (primary N) is 1. The van der Waals surface area contributed by atoms with Gasteiger partial charge < -0.3 is 15.4 Å². The van der Waals surface area contributed by atoms with E-state index in [2.05, 4.69) is 18.7 Å². The molecule has 0 saturated heterocycles. The van der Waals surface area contributed by atoms with Gasteiger partial charge in [0.2, 0.25) is 5.91 Å². The van der Waals surface area contributed by atoms with Gasteiger partial charge in [0.25, 0.3) is 0 Å². The van der Waals surface area contributed by atoms with E-state index in [-0.39, 0.29) is 5.91 Å². The molecule has 0 radical (unpaired) electrons. The number of ether oxygens (including phenoxy) is 1. The monoisotopic (exact) mass is 257 g/mol. The number of likely N-dealkylation sites (N-methyl/N-ethyl adjacent to an activating group) is 2. The second-order valence-electron chi connectivity index (χ2n) is 4.68. The largest absolute Gasteiger partial charge is 0.379 e. The minimum atomic E-state index is 0.251. The highest BCUT2D eigenvalue weighted by atomic mass is 16.5. The molecule has 1 saturated carbocycles. The number of carbonyl (C=O) groups excluding carboxylic acids is 1. The van der Waals surface area contributed by atoms with Crippen molar-refractivity contribution in [3.63, 3.8) is 0 Å². The molecule has 2 N–H and O–H groups in total. The Balaban J connectivity index is 2.25. The molecule has 0 atom stereocenters. The van der Waals surface area contributed by atoms with Gasteiger partial charge >= 0.3 is 0 Å². The van der Waals surface area contributed by atoms with Gasteiger partial charge in [0.15, 0.2) is 0 Å². The van der Waals surface area contributed by atoms with Crippen LogP contribution in [-0.4, -0.2) is 67.7 Å². The number of carbonyl (C=O) groups is 1. The first-order valence-electron chi connectivity index (χ1n) is 7.02. The van der Waals surface area contributed by atoms with Crippen LogP contribution in [0.15, 0.2) is 0 Å². The van der Waals surface area contributed by atoms with Crippen LogP contribution in [-0.2, 0) is 9.53 Å². The summed E-state index contributed by atoms with van der Waals surface area (Å²) in [5.74, 6) is 0.251. The SMILES string of the molecule is CCN(CCOCCN)CC(=O)N(CC)C1CC1. The van der Waals surface area contributed by atoms with Crippen molar-refractivity contribution in [3.8, 4) is 0 Å². The number of amides is 1. The highest BCUT2D eigenvalue weighted by Gasteiger charge is 2.31. The third-order valence-corrected chi connectivity index (χ3v) is 3.27. The molecule has 0 aromatic heterocycles. The zero-order valence-electron chi connectivity index (χ0n) is 11.7. The molecule has 5 nitrogen and oxygen atoms in total. The molecule has 0 heterocycles. The van der Waals surface area contributed by atoms with Crippen LogP contribution < -0.4 is 5.73 Å². The van der Waals surface area contributed by atoms with E-state index in [4.69, 9.17) is 10.5 Å². The van der Waals surface area contributed by atoms with Crippen LogP contribution >= 0.6 is 0 Å². The second kappa shape index (κ2) is 8.45. The maximum absolute atomic E-state index is 12.1. The molecule has 5 heteroatoms. The van der Waals surface area contributed by atoms with Gasteiger partial charge in [-0.05, 0) is 26.3 Å². The highest BCUT2D eigenvalue weighted by molar-refractivity contribution is 5.78. The van der Waals surface area contributed by atoms with Crippen LogP contribution in [0.3, 0.4) is 0 Å². The topological polar surface area (TPSA) is 58.8 Å². The first-order valence-corrected chi connectivity index (χ1v) is 7.02. The van der Waals surface area contributed by atoms with Gasteiger partial charge in [-0.2, -0.15) is 0 Å². The van der Waals surface area contributed by atoms with Crippen LogP contribution in [0.25, 0.3) is 0 Å². The molecule has 106 valence electrons. The van der Waals surface area contributed by atoms with Gasteiger partial charge in [0.05, 0.1) is 19.8 Å². The molecule has 0 aromatic rings. The van der Waals surface area contributed by atoms with E-state index in [1.807, 2.05) is 4.90 Å². The summed E-state index contributed by atoms with van der Waals surface area (Å²) in [6.07, 6.45) is 2.34. The lowest BCUT2D eigenvalue weighted by molar-refractivity contribution is -0.132. The summed E-state index contributed by atoms with van der Waals surface area (Å²) in [5, 5.41) is 0. The van der Waals surface area contributed by atoms with E-state index in [0.717, 1.165) is 19.6 Å². The van der Waals surface area contributed by atoms with Crippen molar-refractivity contribution in [1.82, 2.24) is 9.80 Å². The van der Waals surface area contributed by atoms with Crippen LogP contribution in [0.1, 0.15) is 26.7 Å². The number of hydrogen-bond donors (Lipinski definition) is 1. The Morgan fingerprint density at radius 2 is 2.00 bits per heavy atom. The fourth-order valence-electron chi connectivity index (χ4n) is 2.03. The molecule has 1 rings (SSSR count). The van der Waals surface area contributed by atoms with Crippen LogP contribution in [0.2, 0.25) is 0 Å². The average molecular weight is 257 g/mol. The van der Waals surface area contributed by atoms with Crippen LogP contribution in [0.5, 0.6) is 0 Å². The third kappa shape index (κ3) is 5.33. The Bertz CT molecular complexity index is 244. The van der Waals surface area contributed by atoms with E-state index in [1.165, 1.54) is 12.8 Å². The normalized spacial score (nSPS) is 15.1. The molecule has 0 aliphatic heterocycles. The quantitative estimate of drug-likeness (QED) is 0.572. The molecule has 1 fully saturated rings. The van der Waals surface area contributed by atoms with E-state index in [9.17, 15) is 4.79 Å². The summed E-state index contributed by atoms with van der Waals surface area (Å²) < 4.78 is 5.35. The smallest absolute Gasteiger partial charge is 0.236 e. The van der Waals surface area contributed by atoms with Crippen molar-refractivity contribution in [1.29, 1.82) is 0 Å². The minimum Gasteiger partial charge on any atom is -0.379 e. The summed E-state index contributed by atoms with van der Waals surface area (Å²) in [6, 6.07) is 0.509. The first kappa shape index (κ1) is 15.4. The number of hydrogen-bond acceptors (Lipinski definition) is 4. The van der Waals surface area contributed by atoms with Gasteiger partial charge in [-0.3, -0.25) is 9.69 Å². The Labute approximate surface area is 110 Å². The van der Waals surface area contributed by atoms with Crippen molar-refractivity contribution in [3.05, 3.63) is 0 Å². The van der Waals surface area contributed by atoms with Crippen LogP contribution in [0.4, 0.5) is 0 Å². The Kier molecular flexibility index (Phi) is 7.23. The van der Waals surface area contributed by atoms with E-state index < -0.39 is 0 Å². The van der Waals surface area contributed by atoms with Gasteiger partial charge in [-0.25, -0.2) is 0 Å². The zero-order chi connectivity index (χ0) is 13.4. The van der Waals surface area contributed by atoms with Crippen LogP contribution in [0, 0.1) is 0 Å². The molecule has 1 amide bonds. The lowest BCUT2D eigenvalue weighted by atomic mass is 10.4. The molecule has 0 aromatic carbocycles. The lowest BCUT2D eigenvalue weighted by Gasteiger charge is -2.25. The Hall–Kier alpha value is -0.650. The standard InChI is InChI=1S/C13H27N3O2/c1-3-15(8-10-18-9-7-14)11-13(17)16(4-2)12-5-6-12/h12H,3-11,14H2,1-2H3. The molecule has 1 aliphatic rings. The molecule has 1 aliphatic carbocycles. The van der Waals surface area contributed by atoms with Gasteiger partial charge in [0, 0.05) is 25.7 Å². The minimum absolute atomic E-state index is 0.251. The lowest BCUT2D eigenvalue weighted by Crippen LogP contribution is -2.42. The summed E-state index contributed by atoms with van der Waals surface area (Å²) in [7, 11) is 0. The van der Waals surface area contributed by atoms with Gasteiger partial charge in [-0.15, -0.1) is 0 Å². The maximum atomic E-state index is 12.1. The Morgan fingerprint density at radius 3 is 2.50 bits per heavy atom. The van der Waals surface area contributed by atoms with Crippen molar-refractivity contribution >= 4 is 5.91 Å². The molecule has 0 bridgehead atoms. The highest BCUT2D eigenvalue weighted by Crippen LogP contribution is 2.26. The zero-order valence-corrected chi connectivity index (χ0v) is 11.7. The first-order chi connectivity index (χ1) is 8.72. The van der Waals surface area contributed by atoms with E-state index >= 15 is 0 Å². The summed E-state index contributed by atoms with van der Waals surface area (Å²) >= 11 is 0. The molecule has 18 heavy (non-hydrogen) atoms. The van der Waals surface area contributed by atoms with Gasteiger partial charge in [-0.1, -0.05) is 6.92 Å². The van der Waals surface area contributed by atoms with Crippen molar-refractivity contribution in [2.75, 3.05) is 45.9 Å². The predicted molar refractivity (Wildman–Crippen MR) is 72.4 cm³/mol. The predicted octanol–water partition coefficient (Wildman–Crippen LogP) is 0.295. The van der Waals surface area contributed by atoms with Crippen molar-refractivity contribution < 1.29 is 9.53 Å². The van der Waals surface area contributed by atoms with Crippen molar-refractivity contribution in [2.24, 2.45) is 5.73 Å². The molecule has 0 spiro atoms.